The predicted molar refractivity (Wildman–Crippen MR) is 65.3 cm³/mol. The average molecular weight is 227 g/mol. The number of rotatable bonds is 2. The van der Waals surface area contributed by atoms with Crippen molar-refractivity contribution in [2.24, 2.45) is 21.6 Å². The molecule has 2 aliphatic carbocycles. The number of fused-ring (bicyclic) bond motifs is 1. The average Bonchev–Trinajstić information content (AvgIpc) is 2.70. The van der Waals surface area contributed by atoms with Gasteiger partial charge in [-0.05, 0) is 51.9 Å². The van der Waals surface area contributed by atoms with Crippen LogP contribution in [0.3, 0.4) is 0 Å². The zero-order valence-corrected chi connectivity index (χ0v) is 10.9. The highest BCUT2D eigenvalue weighted by atomic mass is 32.2. The van der Waals surface area contributed by atoms with Gasteiger partial charge in [0.1, 0.15) is 11.0 Å². The lowest BCUT2D eigenvalue weighted by Crippen LogP contribution is -2.22. The fourth-order valence-corrected chi connectivity index (χ4v) is 3.20. The molecule has 0 aromatic carbocycles. The summed E-state index contributed by atoms with van der Waals surface area (Å²) in [6, 6.07) is 0. The zero-order valence-electron chi connectivity index (χ0n) is 10.1. The molecule has 0 aliphatic heterocycles. The molecule has 86 valence electrons. The summed E-state index contributed by atoms with van der Waals surface area (Å²) in [7, 11) is -1.09. The van der Waals surface area contributed by atoms with E-state index in [0.717, 1.165) is 11.8 Å². The van der Waals surface area contributed by atoms with E-state index < -0.39 is 11.0 Å². The normalized spacial score (nSPS) is 41.9. The maximum Gasteiger partial charge on any atom is 0.144 e. The second kappa shape index (κ2) is 3.41. The van der Waals surface area contributed by atoms with Gasteiger partial charge in [0.25, 0.3) is 0 Å². The monoisotopic (exact) mass is 227 g/mol. The van der Waals surface area contributed by atoms with Gasteiger partial charge in [-0.25, -0.2) is 4.21 Å². The number of hydrogen-bond donors (Lipinski definition) is 0. The maximum atomic E-state index is 11.8. The first kappa shape index (κ1) is 11.3. The molecule has 0 N–H and O–H groups in total. The summed E-state index contributed by atoms with van der Waals surface area (Å²) in [5.41, 5.74) is 0.231. The highest BCUT2D eigenvalue weighted by Gasteiger charge is 2.50. The Kier molecular flexibility index (Phi) is 2.57. The smallest absolute Gasteiger partial charge is 0.144 e. The van der Waals surface area contributed by atoms with Crippen LogP contribution in [-0.2, 0) is 11.0 Å². The predicted octanol–water partition coefficient (Wildman–Crippen LogP) is 2.96. The van der Waals surface area contributed by atoms with Gasteiger partial charge >= 0.3 is 0 Å². The second-order valence-corrected chi connectivity index (χ2v) is 8.35. The van der Waals surface area contributed by atoms with Crippen LogP contribution in [0.15, 0.2) is 4.40 Å². The molecule has 0 aromatic rings. The van der Waals surface area contributed by atoms with Crippen molar-refractivity contribution < 1.29 is 4.21 Å². The third kappa shape index (κ3) is 2.49. The molecule has 0 saturated heterocycles. The van der Waals surface area contributed by atoms with Crippen molar-refractivity contribution in [3.05, 3.63) is 0 Å². The van der Waals surface area contributed by atoms with Gasteiger partial charge in [0.15, 0.2) is 0 Å². The Morgan fingerprint density at radius 2 is 1.87 bits per heavy atom. The number of hydrogen-bond acceptors (Lipinski definition) is 1. The number of nitrogens with zero attached hydrogens (tertiary/aromatic N) is 1. The Labute approximate surface area is 95.1 Å². The summed E-state index contributed by atoms with van der Waals surface area (Å²) in [5.74, 6) is 1.90. The van der Waals surface area contributed by atoms with Gasteiger partial charge in [-0.15, -0.1) is 0 Å². The third-order valence-electron chi connectivity index (χ3n) is 3.51. The molecule has 2 fully saturated rings. The minimum Gasteiger partial charge on any atom is -0.234 e. The fraction of sp³-hybridized carbons (Fsp3) is 0.917. The van der Waals surface area contributed by atoms with E-state index in [1.807, 2.05) is 27.0 Å². The summed E-state index contributed by atoms with van der Waals surface area (Å²) in [5, 5.41) is 0. The van der Waals surface area contributed by atoms with Crippen molar-refractivity contribution in [2.75, 3.05) is 0 Å². The van der Waals surface area contributed by atoms with Gasteiger partial charge in [-0.2, -0.15) is 4.40 Å². The SMILES string of the molecule is CC1(/C=N/S(=O)C(C)(C)C)CC2CC2C1. The molecule has 0 heterocycles. The van der Waals surface area contributed by atoms with Gasteiger partial charge in [-0.3, -0.25) is 0 Å². The largest absolute Gasteiger partial charge is 0.234 e. The Morgan fingerprint density at radius 3 is 2.33 bits per heavy atom. The van der Waals surface area contributed by atoms with E-state index in [-0.39, 0.29) is 10.2 Å². The van der Waals surface area contributed by atoms with Crippen molar-refractivity contribution in [3.8, 4) is 0 Å². The van der Waals surface area contributed by atoms with Gasteiger partial charge in [0.05, 0.1) is 4.75 Å². The summed E-state index contributed by atoms with van der Waals surface area (Å²) in [6.07, 6.45) is 5.90. The molecule has 2 nitrogen and oxygen atoms in total. The molecule has 0 bridgehead atoms. The Balaban J connectivity index is 1.96. The summed E-state index contributed by atoms with van der Waals surface area (Å²) >= 11 is 0. The standard InChI is InChI=1S/C12H21NOS/c1-11(2,3)15(14)13-8-12(4)6-9-5-10(9)7-12/h8-10H,5-7H2,1-4H3/b13-8+. The highest BCUT2D eigenvalue weighted by molar-refractivity contribution is 7.85. The van der Waals surface area contributed by atoms with E-state index in [2.05, 4.69) is 11.3 Å². The van der Waals surface area contributed by atoms with E-state index >= 15 is 0 Å². The van der Waals surface area contributed by atoms with Crippen LogP contribution >= 0.6 is 0 Å². The molecular formula is C12H21NOS. The van der Waals surface area contributed by atoms with Crippen molar-refractivity contribution >= 4 is 17.2 Å². The minimum atomic E-state index is -1.09. The van der Waals surface area contributed by atoms with Crippen LogP contribution in [0.2, 0.25) is 0 Å². The third-order valence-corrected chi connectivity index (χ3v) is 4.85. The lowest BCUT2D eigenvalue weighted by molar-refractivity contribution is 0.441. The second-order valence-electron chi connectivity index (χ2n) is 6.41. The van der Waals surface area contributed by atoms with E-state index in [4.69, 9.17) is 0 Å². The molecule has 15 heavy (non-hydrogen) atoms. The van der Waals surface area contributed by atoms with Crippen molar-refractivity contribution in [3.63, 3.8) is 0 Å². The molecule has 2 saturated carbocycles. The molecule has 0 aromatic heterocycles. The van der Waals surface area contributed by atoms with Gasteiger partial charge in [-0.1, -0.05) is 6.92 Å². The van der Waals surface area contributed by atoms with Crippen LogP contribution in [0.1, 0.15) is 47.0 Å². The molecule has 2 rings (SSSR count). The molecule has 3 atom stereocenters. The first-order valence-electron chi connectivity index (χ1n) is 5.77. The van der Waals surface area contributed by atoms with Crippen LogP contribution in [0.5, 0.6) is 0 Å². The molecular weight excluding hydrogens is 206 g/mol. The molecule has 0 amide bonds. The molecule has 0 radical (unpaired) electrons. The first-order valence-corrected chi connectivity index (χ1v) is 6.88. The highest BCUT2D eigenvalue weighted by Crippen LogP contribution is 2.59. The van der Waals surface area contributed by atoms with E-state index in [1.165, 1.54) is 19.3 Å². The maximum absolute atomic E-state index is 11.8. The molecule has 3 unspecified atom stereocenters. The molecule has 2 aliphatic rings. The minimum absolute atomic E-state index is 0.228. The van der Waals surface area contributed by atoms with Crippen LogP contribution < -0.4 is 0 Å². The quantitative estimate of drug-likeness (QED) is 0.667. The van der Waals surface area contributed by atoms with Crippen LogP contribution in [0.25, 0.3) is 0 Å². The van der Waals surface area contributed by atoms with Gasteiger partial charge in [0.2, 0.25) is 0 Å². The zero-order chi connectivity index (χ0) is 11.3. The fourth-order valence-electron chi connectivity index (χ4n) is 2.53. The summed E-state index contributed by atoms with van der Waals surface area (Å²) in [6.45, 7) is 8.15. The van der Waals surface area contributed by atoms with Gasteiger partial charge < -0.3 is 0 Å². The molecule has 0 spiro atoms. The molecule has 3 heteroatoms. The van der Waals surface area contributed by atoms with Crippen molar-refractivity contribution in [1.29, 1.82) is 0 Å². The van der Waals surface area contributed by atoms with E-state index in [1.54, 1.807) is 0 Å². The topological polar surface area (TPSA) is 29.4 Å². The first-order chi connectivity index (χ1) is 6.80. The van der Waals surface area contributed by atoms with E-state index in [0.29, 0.717) is 0 Å². The lowest BCUT2D eigenvalue weighted by Gasteiger charge is -2.21. The van der Waals surface area contributed by atoms with Crippen molar-refractivity contribution in [1.82, 2.24) is 0 Å². The van der Waals surface area contributed by atoms with Crippen LogP contribution in [0.4, 0.5) is 0 Å². The Hall–Kier alpha value is -0.180. The van der Waals surface area contributed by atoms with Crippen LogP contribution in [0, 0.1) is 17.3 Å². The summed E-state index contributed by atoms with van der Waals surface area (Å²) in [4.78, 5) is 0. The van der Waals surface area contributed by atoms with Crippen molar-refractivity contribution in [2.45, 2.75) is 51.7 Å². The van der Waals surface area contributed by atoms with E-state index in [9.17, 15) is 4.21 Å². The Bertz CT molecular complexity index is 306. The van der Waals surface area contributed by atoms with Crippen LogP contribution in [-0.4, -0.2) is 15.2 Å². The lowest BCUT2D eigenvalue weighted by atomic mass is 9.87. The Morgan fingerprint density at radius 1 is 1.33 bits per heavy atom. The van der Waals surface area contributed by atoms with Gasteiger partial charge in [0, 0.05) is 11.6 Å². The summed E-state index contributed by atoms with van der Waals surface area (Å²) < 4.78 is 15.8.